The summed E-state index contributed by atoms with van der Waals surface area (Å²) in [6.07, 6.45) is 3.57. The van der Waals surface area contributed by atoms with E-state index in [9.17, 15) is 0 Å². The molecule has 0 fully saturated rings. The Balaban J connectivity index is 1.95. The molecule has 0 amide bonds. The molecule has 0 aromatic heterocycles. The normalized spacial score (nSPS) is 18.5. The van der Waals surface area contributed by atoms with Crippen molar-refractivity contribution >= 4 is 20.1 Å². The van der Waals surface area contributed by atoms with Gasteiger partial charge in [0.2, 0.25) is 0 Å². The molecule has 1 unspecified atom stereocenters. The van der Waals surface area contributed by atoms with E-state index in [0.29, 0.717) is 6.10 Å². The highest BCUT2D eigenvalue weighted by Gasteiger charge is 2.23. The number of hydrogen-bond donors (Lipinski definition) is 0. The first-order valence-electron chi connectivity index (χ1n) is 7.55. The second-order valence-corrected chi connectivity index (χ2v) is 12.0. The fourth-order valence-corrected chi connectivity index (χ4v) is 3.93. The minimum atomic E-state index is -1.40. The van der Waals surface area contributed by atoms with E-state index in [2.05, 4.69) is 44.8 Å². The summed E-state index contributed by atoms with van der Waals surface area (Å²) < 4.78 is 12.2. The van der Waals surface area contributed by atoms with Gasteiger partial charge in [-0.1, -0.05) is 19.1 Å². The van der Waals surface area contributed by atoms with Crippen LogP contribution in [0.3, 0.4) is 0 Å². The van der Waals surface area contributed by atoms with Crippen LogP contribution in [0.1, 0.15) is 25.3 Å². The Kier molecular flexibility index (Phi) is 5.58. The van der Waals surface area contributed by atoms with Crippen LogP contribution in [0.5, 0.6) is 5.75 Å². The van der Waals surface area contributed by atoms with Crippen LogP contribution in [-0.4, -0.2) is 26.8 Å². The molecule has 2 nitrogen and oxygen atoms in total. The number of rotatable bonds is 6. The monoisotopic (exact) mass is 310 g/mol. The van der Waals surface area contributed by atoms with Crippen LogP contribution in [0.4, 0.5) is 0 Å². The van der Waals surface area contributed by atoms with Gasteiger partial charge in [-0.05, 0) is 49.9 Å². The van der Waals surface area contributed by atoms with Crippen molar-refractivity contribution in [2.75, 3.05) is 12.4 Å². The second-order valence-electron chi connectivity index (χ2n) is 6.21. The van der Waals surface area contributed by atoms with E-state index in [1.54, 1.807) is 0 Å². The van der Waals surface area contributed by atoms with Crippen LogP contribution in [0.2, 0.25) is 19.6 Å². The summed E-state index contributed by atoms with van der Waals surface area (Å²) in [6.45, 7) is 9.73. The topological polar surface area (TPSA) is 18.5 Å². The van der Waals surface area contributed by atoms with E-state index in [4.69, 9.17) is 9.16 Å². The molecule has 1 aliphatic heterocycles. The first-order valence-corrected chi connectivity index (χ1v) is 11.9. The summed E-state index contributed by atoms with van der Waals surface area (Å²) in [5, 5.41) is 0. The lowest BCUT2D eigenvalue weighted by Gasteiger charge is -2.28. The average Bonchev–Trinajstić information content (AvgIpc) is 2.38. The molecule has 0 saturated carbocycles. The third kappa shape index (κ3) is 4.54. The van der Waals surface area contributed by atoms with Crippen LogP contribution >= 0.6 is 11.8 Å². The first kappa shape index (κ1) is 15.9. The number of para-hydroxylation sites is 1. The minimum Gasteiger partial charge on any atom is -0.489 e. The number of benzene rings is 1. The average molecular weight is 311 g/mol. The molecule has 1 atom stereocenters. The highest BCUT2D eigenvalue weighted by Crippen LogP contribution is 2.37. The molecule has 0 bridgehead atoms. The highest BCUT2D eigenvalue weighted by atomic mass is 32.2. The fraction of sp³-hybridized carbons (Fsp3) is 0.625. The Hall–Kier alpha value is -0.453. The van der Waals surface area contributed by atoms with Crippen molar-refractivity contribution in [2.45, 2.75) is 56.8 Å². The molecule has 1 aliphatic rings. The molecule has 0 saturated heterocycles. The van der Waals surface area contributed by atoms with Gasteiger partial charge in [-0.15, -0.1) is 11.8 Å². The van der Waals surface area contributed by atoms with Gasteiger partial charge in [0.15, 0.2) is 8.32 Å². The summed E-state index contributed by atoms with van der Waals surface area (Å²) in [6, 6.07) is 6.52. The van der Waals surface area contributed by atoms with Crippen molar-refractivity contribution in [1.29, 1.82) is 0 Å². The molecule has 1 aromatic carbocycles. The molecule has 0 spiro atoms. The highest BCUT2D eigenvalue weighted by molar-refractivity contribution is 7.99. The van der Waals surface area contributed by atoms with Gasteiger partial charge in [-0.25, -0.2) is 0 Å². The van der Waals surface area contributed by atoms with Crippen LogP contribution in [0.15, 0.2) is 23.1 Å². The Bertz CT molecular complexity index is 443. The number of fused-ring (bicyclic) bond motifs is 1. The number of thioether (sulfide) groups is 1. The number of hydrogen-bond acceptors (Lipinski definition) is 3. The summed E-state index contributed by atoms with van der Waals surface area (Å²) in [5.41, 5.74) is 1.37. The third-order valence-corrected chi connectivity index (χ3v) is 5.35. The lowest BCUT2D eigenvalue weighted by molar-refractivity contribution is 0.134. The summed E-state index contributed by atoms with van der Waals surface area (Å²) in [4.78, 5) is 1.29. The van der Waals surface area contributed by atoms with E-state index in [1.165, 1.54) is 10.5 Å². The Morgan fingerprint density at radius 2 is 2.15 bits per heavy atom. The van der Waals surface area contributed by atoms with Crippen molar-refractivity contribution < 1.29 is 9.16 Å². The van der Waals surface area contributed by atoms with Gasteiger partial charge in [-0.3, -0.25) is 0 Å². The van der Waals surface area contributed by atoms with Gasteiger partial charge >= 0.3 is 0 Å². The number of ether oxygens (including phenoxy) is 1. The van der Waals surface area contributed by atoms with E-state index in [-0.39, 0.29) is 0 Å². The zero-order valence-electron chi connectivity index (χ0n) is 13.1. The predicted molar refractivity (Wildman–Crippen MR) is 89.5 cm³/mol. The smallest absolute Gasteiger partial charge is 0.183 e. The molecule has 1 heterocycles. The first-order chi connectivity index (χ1) is 9.49. The SMILES string of the molecule is CCSc1cccc2c1OC(CCO[Si](C)(C)C)CC2. The van der Waals surface area contributed by atoms with Crippen LogP contribution < -0.4 is 4.74 Å². The fourth-order valence-electron chi connectivity index (χ4n) is 2.40. The van der Waals surface area contributed by atoms with Crippen molar-refractivity contribution in [3.05, 3.63) is 23.8 Å². The molecule has 0 N–H and O–H groups in total. The number of aryl methyl sites for hydroxylation is 1. The van der Waals surface area contributed by atoms with E-state index >= 15 is 0 Å². The standard InChI is InChI=1S/C16H26O2SSi/c1-5-19-15-8-6-7-13-9-10-14(18-16(13)15)11-12-17-20(2,3)4/h6-8,14H,5,9-12H2,1-4H3. The molecule has 20 heavy (non-hydrogen) atoms. The Morgan fingerprint density at radius 1 is 1.35 bits per heavy atom. The largest absolute Gasteiger partial charge is 0.489 e. The van der Waals surface area contributed by atoms with Crippen molar-refractivity contribution in [2.24, 2.45) is 0 Å². The van der Waals surface area contributed by atoms with E-state index in [0.717, 1.165) is 37.4 Å². The Morgan fingerprint density at radius 3 is 2.85 bits per heavy atom. The molecule has 2 rings (SSSR count). The minimum absolute atomic E-state index is 0.317. The van der Waals surface area contributed by atoms with Crippen molar-refractivity contribution in [1.82, 2.24) is 0 Å². The molecule has 0 radical (unpaired) electrons. The van der Waals surface area contributed by atoms with Crippen LogP contribution in [-0.2, 0) is 10.8 Å². The van der Waals surface area contributed by atoms with Gasteiger partial charge < -0.3 is 9.16 Å². The molecule has 1 aromatic rings. The molecule has 112 valence electrons. The van der Waals surface area contributed by atoms with Gasteiger partial charge in [-0.2, -0.15) is 0 Å². The quantitative estimate of drug-likeness (QED) is 0.559. The van der Waals surface area contributed by atoms with Gasteiger partial charge in [0.1, 0.15) is 11.9 Å². The lowest BCUT2D eigenvalue weighted by Crippen LogP contribution is -2.30. The lowest BCUT2D eigenvalue weighted by atomic mass is 10.0. The maximum absolute atomic E-state index is 6.24. The molecule has 4 heteroatoms. The summed E-state index contributed by atoms with van der Waals surface area (Å²) in [7, 11) is -1.40. The molecule has 0 aliphatic carbocycles. The van der Waals surface area contributed by atoms with Gasteiger partial charge in [0.25, 0.3) is 0 Å². The predicted octanol–water partition coefficient (Wildman–Crippen LogP) is 4.73. The van der Waals surface area contributed by atoms with Crippen molar-refractivity contribution in [3.63, 3.8) is 0 Å². The summed E-state index contributed by atoms with van der Waals surface area (Å²) in [5.74, 6) is 2.21. The van der Waals surface area contributed by atoms with E-state index in [1.807, 2.05) is 11.8 Å². The Labute approximate surface area is 128 Å². The zero-order valence-corrected chi connectivity index (χ0v) is 14.9. The van der Waals surface area contributed by atoms with Crippen LogP contribution in [0, 0.1) is 0 Å². The maximum Gasteiger partial charge on any atom is 0.183 e. The summed E-state index contributed by atoms with van der Waals surface area (Å²) >= 11 is 1.87. The van der Waals surface area contributed by atoms with Crippen LogP contribution in [0.25, 0.3) is 0 Å². The molecular formula is C16H26O2SSi. The second kappa shape index (κ2) is 7.01. The van der Waals surface area contributed by atoms with Gasteiger partial charge in [0.05, 0.1) is 0 Å². The zero-order chi connectivity index (χ0) is 14.6. The third-order valence-electron chi connectivity index (χ3n) is 3.36. The maximum atomic E-state index is 6.24. The van der Waals surface area contributed by atoms with Gasteiger partial charge in [0, 0.05) is 17.9 Å². The van der Waals surface area contributed by atoms with Crippen molar-refractivity contribution in [3.8, 4) is 5.75 Å². The molecular weight excluding hydrogens is 284 g/mol. The van der Waals surface area contributed by atoms with E-state index < -0.39 is 8.32 Å².